The first-order valence-corrected chi connectivity index (χ1v) is 5.50. The maximum atomic E-state index is 5.11. The van der Waals surface area contributed by atoms with Gasteiger partial charge in [0.05, 0.1) is 5.69 Å². The molecule has 0 aliphatic heterocycles. The van der Waals surface area contributed by atoms with Gasteiger partial charge < -0.3 is 15.2 Å². The van der Waals surface area contributed by atoms with E-state index < -0.39 is 0 Å². The predicted octanol–water partition coefficient (Wildman–Crippen LogP) is 2.34. The minimum atomic E-state index is 0.703. The van der Waals surface area contributed by atoms with Crippen LogP contribution in [0.2, 0.25) is 0 Å². The fraction of sp³-hybridized carbons (Fsp3) is 0.333. The summed E-state index contributed by atoms with van der Waals surface area (Å²) in [5.74, 6) is 1.70. The summed E-state index contributed by atoms with van der Waals surface area (Å²) < 4.78 is 5.11. The highest BCUT2D eigenvalue weighted by molar-refractivity contribution is 5.51. The van der Waals surface area contributed by atoms with Crippen LogP contribution in [0.1, 0.15) is 17.0 Å². The third-order valence-electron chi connectivity index (χ3n) is 2.67. The van der Waals surface area contributed by atoms with Crippen molar-refractivity contribution in [3.63, 3.8) is 0 Å². The van der Waals surface area contributed by atoms with Crippen molar-refractivity contribution in [2.45, 2.75) is 20.4 Å². The Morgan fingerprint density at radius 1 is 1.35 bits per heavy atom. The molecule has 0 unspecified atom stereocenters. The van der Waals surface area contributed by atoms with Crippen molar-refractivity contribution >= 4 is 11.5 Å². The van der Waals surface area contributed by atoms with Gasteiger partial charge in [-0.05, 0) is 19.9 Å². The van der Waals surface area contributed by atoms with Crippen molar-refractivity contribution in [1.82, 2.24) is 10.1 Å². The number of aromatic nitrogens is 2. The monoisotopic (exact) mass is 232 g/mol. The van der Waals surface area contributed by atoms with E-state index in [0.717, 1.165) is 28.5 Å². The molecular formula is C12H16N4O. The molecule has 0 aromatic carbocycles. The summed E-state index contributed by atoms with van der Waals surface area (Å²) in [7, 11) is 1.85. The van der Waals surface area contributed by atoms with Gasteiger partial charge in [0.2, 0.25) is 0 Å². The second-order valence-electron chi connectivity index (χ2n) is 3.84. The Labute approximate surface area is 100 Å². The first-order chi connectivity index (χ1) is 8.20. The number of nitrogens with zero attached hydrogens (tertiary/aromatic N) is 2. The van der Waals surface area contributed by atoms with Crippen LogP contribution in [0.5, 0.6) is 0 Å². The number of hydrogen-bond donors (Lipinski definition) is 2. The largest absolute Gasteiger partial charge is 0.381 e. The maximum absolute atomic E-state index is 5.11. The molecule has 2 heterocycles. The van der Waals surface area contributed by atoms with Gasteiger partial charge >= 0.3 is 0 Å². The number of aryl methyl sites for hydroxylation is 2. The molecular weight excluding hydrogens is 216 g/mol. The molecule has 0 atom stereocenters. The number of hydrogen-bond acceptors (Lipinski definition) is 5. The molecule has 0 aliphatic rings. The van der Waals surface area contributed by atoms with E-state index in [-0.39, 0.29) is 0 Å². The van der Waals surface area contributed by atoms with E-state index in [2.05, 4.69) is 20.8 Å². The summed E-state index contributed by atoms with van der Waals surface area (Å²) in [6.07, 6.45) is 1.77. The maximum Gasteiger partial charge on any atom is 0.138 e. The van der Waals surface area contributed by atoms with Crippen LogP contribution in [-0.4, -0.2) is 17.2 Å². The van der Waals surface area contributed by atoms with Crippen molar-refractivity contribution in [2.24, 2.45) is 0 Å². The Bertz CT molecular complexity index is 487. The minimum absolute atomic E-state index is 0.703. The molecule has 0 fully saturated rings. The van der Waals surface area contributed by atoms with Gasteiger partial charge in [-0.3, -0.25) is 0 Å². The van der Waals surface area contributed by atoms with E-state index in [1.807, 2.05) is 33.0 Å². The molecule has 0 saturated heterocycles. The van der Waals surface area contributed by atoms with E-state index in [0.29, 0.717) is 6.54 Å². The lowest BCUT2D eigenvalue weighted by Gasteiger charge is -2.07. The molecule has 5 nitrogen and oxygen atoms in total. The molecule has 0 aliphatic carbocycles. The Hall–Kier alpha value is -2.04. The van der Waals surface area contributed by atoms with Gasteiger partial charge in [0.1, 0.15) is 11.6 Å². The Balaban J connectivity index is 2.07. The summed E-state index contributed by atoms with van der Waals surface area (Å²) in [5, 5.41) is 10.2. The van der Waals surface area contributed by atoms with Gasteiger partial charge in [-0.1, -0.05) is 5.16 Å². The highest BCUT2D eigenvalue weighted by atomic mass is 16.5. The molecule has 2 aromatic rings. The summed E-state index contributed by atoms with van der Waals surface area (Å²) >= 11 is 0. The fourth-order valence-electron chi connectivity index (χ4n) is 1.62. The van der Waals surface area contributed by atoms with Gasteiger partial charge in [0.15, 0.2) is 0 Å². The van der Waals surface area contributed by atoms with Crippen LogP contribution < -0.4 is 10.6 Å². The zero-order valence-corrected chi connectivity index (χ0v) is 10.2. The number of nitrogens with one attached hydrogen (secondary N) is 2. The Morgan fingerprint density at radius 2 is 2.18 bits per heavy atom. The van der Waals surface area contributed by atoms with E-state index >= 15 is 0 Å². The SMILES string of the molecule is CNc1cc(NCc2c(C)noc2C)ccn1. The van der Waals surface area contributed by atoms with Gasteiger partial charge in [0.25, 0.3) is 0 Å². The Morgan fingerprint density at radius 3 is 2.82 bits per heavy atom. The molecule has 2 rings (SSSR count). The Kier molecular flexibility index (Phi) is 3.27. The molecule has 5 heteroatoms. The highest BCUT2D eigenvalue weighted by Crippen LogP contribution is 2.16. The van der Waals surface area contributed by atoms with Crippen LogP contribution in [0.4, 0.5) is 11.5 Å². The number of anilines is 2. The first kappa shape index (κ1) is 11.4. The third kappa shape index (κ3) is 2.55. The van der Waals surface area contributed by atoms with E-state index in [1.54, 1.807) is 6.20 Å². The quantitative estimate of drug-likeness (QED) is 0.847. The molecule has 0 spiro atoms. The lowest BCUT2D eigenvalue weighted by Crippen LogP contribution is -2.02. The van der Waals surface area contributed by atoms with Crippen LogP contribution >= 0.6 is 0 Å². The summed E-state index contributed by atoms with van der Waals surface area (Å²) in [5.41, 5.74) is 3.05. The predicted molar refractivity (Wildman–Crippen MR) is 67.1 cm³/mol. The topological polar surface area (TPSA) is 63.0 Å². The van der Waals surface area contributed by atoms with Gasteiger partial charge in [-0.25, -0.2) is 4.98 Å². The molecule has 0 amide bonds. The van der Waals surface area contributed by atoms with Crippen molar-refractivity contribution < 1.29 is 4.52 Å². The van der Waals surface area contributed by atoms with Gasteiger partial charge in [-0.15, -0.1) is 0 Å². The summed E-state index contributed by atoms with van der Waals surface area (Å²) in [4.78, 5) is 4.16. The van der Waals surface area contributed by atoms with Crippen LogP contribution in [0.3, 0.4) is 0 Å². The summed E-state index contributed by atoms with van der Waals surface area (Å²) in [6, 6.07) is 3.89. The number of pyridine rings is 1. The molecule has 17 heavy (non-hydrogen) atoms. The second kappa shape index (κ2) is 4.86. The second-order valence-corrected chi connectivity index (χ2v) is 3.84. The van der Waals surface area contributed by atoms with Crippen LogP contribution in [0, 0.1) is 13.8 Å². The molecule has 2 N–H and O–H groups in total. The minimum Gasteiger partial charge on any atom is -0.381 e. The van der Waals surface area contributed by atoms with Crippen molar-refractivity contribution in [3.8, 4) is 0 Å². The average molecular weight is 232 g/mol. The molecule has 0 radical (unpaired) electrons. The van der Waals surface area contributed by atoms with Crippen molar-refractivity contribution in [2.75, 3.05) is 17.7 Å². The van der Waals surface area contributed by atoms with E-state index in [1.165, 1.54) is 0 Å². The van der Waals surface area contributed by atoms with Crippen molar-refractivity contribution in [3.05, 3.63) is 35.3 Å². The average Bonchev–Trinajstić information content (AvgIpc) is 2.67. The lowest BCUT2D eigenvalue weighted by molar-refractivity contribution is 0.392. The standard InChI is InChI=1S/C12H16N4O/c1-8-11(9(2)17-16-8)7-15-10-4-5-14-12(6-10)13-3/h4-6H,7H2,1-3H3,(H2,13,14,15). The molecule has 0 bridgehead atoms. The zero-order chi connectivity index (χ0) is 12.3. The lowest BCUT2D eigenvalue weighted by atomic mass is 10.2. The van der Waals surface area contributed by atoms with E-state index in [9.17, 15) is 0 Å². The van der Waals surface area contributed by atoms with Crippen LogP contribution in [-0.2, 0) is 6.54 Å². The first-order valence-electron chi connectivity index (χ1n) is 5.50. The third-order valence-corrected chi connectivity index (χ3v) is 2.67. The zero-order valence-electron chi connectivity index (χ0n) is 10.2. The van der Waals surface area contributed by atoms with E-state index in [4.69, 9.17) is 4.52 Å². The number of rotatable bonds is 4. The van der Waals surface area contributed by atoms with Gasteiger partial charge in [-0.2, -0.15) is 0 Å². The normalized spacial score (nSPS) is 10.3. The molecule has 2 aromatic heterocycles. The summed E-state index contributed by atoms with van der Waals surface area (Å²) in [6.45, 7) is 4.57. The fourth-order valence-corrected chi connectivity index (χ4v) is 1.62. The van der Waals surface area contributed by atoms with Gasteiger partial charge in [0, 0.05) is 37.1 Å². The smallest absolute Gasteiger partial charge is 0.138 e. The molecule has 0 saturated carbocycles. The molecule has 90 valence electrons. The van der Waals surface area contributed by atoms with Crippen LogP contribution in [0.25, 0.3) is 0 Å². The highest BCUT2D eigenvalue weighted by Gasteiger charge is 2.08. The van der Waals surface area contributed by atoms with Crippen LogP contribution in [0.15, 0.2) is 22.9 Å². The van der Waals surface area contributed by atoms with Crippen molar-refractivity contribution in [1.29, 1.82) is 0 Å².